The molecule has 1 aromatic heterocycles. The zero-order valence-electron chi connectivity index (χ0n) is 18.2. The Bertz CT molecular complexity index is 1290. The molecule has 5 heteroatoms. The Morgan fingerprint density at radius 3 is 2.28 bits per heavy atom. The molecule has 0 saturated carbocycles. The normalized spacial score (nSPS) is 11.1. The quantitative estimate of drug-likeness (QED) is 0.378. The lowest BCUT2D eigenvalue weighted by Crippen LogP contribution is -2.14. The number of nitrogens with one attached hydrogen (secondary N) is 1. The van der Waals surface area contributed by atoms with Gasteiger partial charge in [-0.2, -0.15) is 5.26 Å². The number of benzene rings is 3. The molecular formula is C27H23N3OS. The number of rotatable bonds is 4. The summed E-state index contributed by atoms with van der Waals surface area (Å²) in [6, 6.07) is 25.4. The molecule has 1 heterocycles. The second-order valence-corrected chi connectivity index (χ2v) is 9.45. The summed E-state index contributed by atoms with van der Waals surface area (Å²) in [6.45, 7) is 6.45. The number of aromatic nitrogens is 1. The van der Waals surface area contributed by atoms with E-state index >= 15 is 0 Å². The second-order valence-electron chi connectivity index (χ2n) is 8.59. The van der Waals surface area contributed by atoms with Gasteiger partial charge in [-0.3, -0.25) is 10.1 Å². The van der Waals surface area contributed by atoms with Crippen molar-refractivity contribution in [3.8, 4) is 28.5 Å². The molecule has 3 aromatic carbocycles. The zero-order valence-corrected chi connectivity index (χ0v) is 19.0. The number of thiazole rings is 1. The van der Waals surface area contributed by atoms with Crippen molar-refractivity contribution in [3.05, 3.63) is 94.9 Å². The Morgan fingerprint density at radius 2 is 1.62 bits per heavy atom. The van der Waals surface area contributed by atoms with Crippen LogP contribution in [0.3, 0.4) is 0 Å². The van der Waals surface area contributed by atoms with Gasteiger partial charge in [0.25, 0.3) is 5.91 Å². The fraction of sp³-hybridized carbons (Fsp3) is 0.148. The van der Waals surface area contributed by atoms with E-state index in [4.69, 9.17) is 5.26 Å². The van der Waals surface area contributed by atoms with Crippen LogP contribution < -0.4 is 5.32 Å². The molecule has 0 fully saturated rings. The molecule has 0 radical (unpaired) electrons. The number of nitrogens with zero attached hydrogens (tertiary/aromatic N) is 2. The van der Waals surface area contributed by atoms with Crippen LogP contribution in [0.1, 0.15) is 42.3 Å². The third-order valence-electron chi connectivity index (χ3n) is 5.24. The number of carbonyl (C=O) groups is 1. The average Bonchev–Trinajstić information content (AvgIpc) is 3.27. The predicted molar refractivity (Wildman–Crippen MR) is 131 cm³/mol. The van der Waals surface area contributed by atoms with Gasteiger partial charge in [-0.1, -0.05) is 63.2 Å². The van der Waals surface area contributed by atoms with Crippen molar-refractivity contribution < 1.29 is 4.79 Å². The van der Waals surface area contributed by atoms with Crippen LogP contribution in [0.15, 0.2) is 78.2 Å². The highest BCUT2D eigenvalue weighted by atomic mass is 32.1. The summed E-state index contributed by atoms with van der Waals surface area (Å²) >= 11 is 1.40. The monoisotopic (exact) mass is 437 g/mol. The number of nitriles is 1. The highest BCUT2D eigenvalue weighted by Gasteiger charge is 2.15. The number of anilines is 1. The summed E-state index contributed by atoms with van der Waals surface area (Å²) < 4.78 is 0. The molecular weight excluding hydrogens is 414 g/mol. The molecule has 0 unspecified atom stereocenters. The van der Waals surface area contributed by atoms with Gasteiger partial charge in [0.2, 0.25) is 0 Å². The van der Waals surface area contributed by atoms with E-state index < -0.39 is 0 Å². The third-order valence-corrected chi connectivity index (χ3v) is 6.00. The van der Waals surface area contributed by atoms with Crippen LogP contribution in [0.4, 0.5) is 5.13 Å². The van der Waals surface area contributed by atoms with Gasteiger partial charge in [0.05, 0.1) is 17.3 Å². The van der Waals surface area contributed by atoms with Crippen LogP contribution in [0.5, 0.6) is 0 Å². The topological polar surface area (TPSA) is 65.8 Å². The minimum absolute atomic E-state index is 0.0471. The molecule has 158 valence electrons. The molecule has 0 bridgehead atoms. The fourth-order valence-corrected chi connectivity index (χ4v) is 4.06. The molecule has 0 atom stereocenters. The van der Waals surface area contributed by atoms with Crippen LogP contribution in [0.25, 0.3) is 22.4 Å². The molecule has 1 amide bonds. The van der Waals surface area contributed by atoms with Crippen LogP contribution in [-0.2, 0) is 5.41 Å². The van der Waals surface area contributed by atoms with Crippen LogP contribution in [-0.4, -0.2) is 10.9 Å². The predicted octanol–water partition coefficient (Wildman–Crippen LogP) is 6.90. The Hall–Kier alpha value is -3.75. The smallest absolute Gasteiger partial charge is 0.257 e. The van der Waals surface area contributed by atoms with Crippen molar-refractivity contribution in [2.24, 2.45) is 0 Å². The molecule has 0 saturated heterocycles. The van der Waals surface area contributed by atoms with E-state index in [1.165, 1.54) is 16.9 Å². The van der Waals surface area contributed by atoms with Crippen molar-refractivity contribution in [1.29, 1.82) is 5.26 Å². The highest BCUT2D eigenvalue weighted by molar-refractivity contribution is 7.14. The zero-order chi connectivity index (χ0) is 22.7. The summed E-state index contributed by atoms with van der Waals surface area (Å²) in [7, 11) is 0. The van der Waals surface area contributed by atoms with Crippen LogP contribution >= 0.6 is 11.3 Å². The van der Waals surface area contributed by atoms with Gasteiger partial charge in [0, 0.05) is 16.5 Å². The summed E-state index contributed by atoms with van der Waals surface area (Å²) in [5.41, 5.74) is 6.34. The summed E-state index contributed by atoms with van der Waals surface area (Å²) in [6.07, 6.45) is 0. The van der Waals surface area contributed by atoms with Crippen molar-refractivity contribution >= 4 is 22.4 Å². The van der Waals surface area contributed by atoms with E-state index in [0.29, 0.717) is 16.3 Å². The van der Waals surface area contributed by atoms with E-state index in [9.17, 15) is 4.79 Å². The van der Waals surface area contributed by atoms with Crippen molar-refractivity contribution in [3.63, 3.8) is 0 Å². The maximum atomic E-state index is 12.6. The van der Waals surface area contributed by atoms with E-state index in [1.54, 1.807) is 0 Å². The first-order valence-corrected chi connectivity index (χ1v) is 11.2. The molecule has 4 aromatic rings. The lowest BCUT2D eigenvalue weighted by molar-refractivity contribution is 0.102. The lowest BCUT2D eigenvalue weighted by atomic mass is 9.87. The Labute approximate surface area is 192 Å². The number of hydrogen-bond acceptors (Lipinski definition) is 4. The molecule has 1 N–H and O–H groups in total. The fourth-order valence-electron chi connectivity index (χ4n) is 3.35. The first-order valence-electron chi connectivity index (χ1n) is 10.3. The van der Waals surface area contributed by atoms with Crippen LogP contribution in [0, 0.1) is 11.3 Å². The Kier molecular flexibility index (Phi) is 5.89. The number of amides is 1. The average molecular weight is 438 g/mol. The van der Waals surface area contributed by atoms with Gasteiger partial charge >= 0.3 is 0 Å². The summed E-state index contributed by atoms with van der Waals surface area (Å²) in [5.74, 6) is -0.169. The molecule has 0 aliphatic carbocycles. The first kappa shape index (κ1) is 21.5. The van der Waals surface area contributed by atoms with Crippen molar-refractivity contribution in [2.75, 3.05) is 5.32 Å². The van der Waals surface area contributed by atoms with Gasteiger partial charge in [-0.05, 0) is 52.4 Å². The number of carbonyl (C=O) groups excluding carboxylic acids is 1. The van der Waals surface area contributed by atoms with Gasteiger partial charge in [0.1, 0.15) is 0 Å². The molecule has 0 aliphatic rings. The van der Waals surface area contributed by atoms with E-state index in [1.807, 2.05) is 72.1 Å². The van der Waals surface area contributed by atoms with Crippen LogP contribution in [0.2, 0.25) is 0 Å². The molecule has 32 heavy (non-hydrogen) atoms. The molecule has 0 spiro atoms. The Morgan fingerprint density at radius 1 is 0.938 bits per heavy atom. The Balaban J connectivity index is 1.50. The molecule has 4 rings (SSSR count). The van der Waals surface area contributed by atoms with E-state index in [-0.39, 0.29) is 11.3 Å². The number of hydrogen-bond donors (Lipinski definition) is 1. The lowest BCUT2D eigenvalue weighted by Gasteiger charge is -2.18. The van der Waals surface area contributed by atoms with Gasteiger partial charge < -0.3 is 0 Å². The maximum absolute atomic E-state index is 12.6. The maximum Gasteiger partial charge on any atom is 0.257 e. The van der Waals surface area contributed by atoms with Gasteiger partial charge in [-0.15, -0.1) is 11.3 Å². The SMILES string of the molecule is CC(C)(C)c1ccc(C(=O)Nc2nc(-c3cccc(-c4ccc(C#N)cc4)c3)cs2)cc1. The summed E-state index contributed by atoms with van der Waals surface area (Å²) in [5, 5.41) is 14.4. The minimum atomic E-state index is -0.169. The first-order chi connectivity index (χ1) is 15.3. The standard InChI is InChI=1S/C27H23N3OS/c1-27(2,3)23-13-11-20(12-14-23)25(31)30-26-29-24(17-32-26)22-6-4-5-21(15-22)19-9-7-18(16-28)8-10-19/h4-15,17H,1-3H3,(H,29,30,31). The second kappa shape index (κ2) is 8.78. The highest BCUT2D eigenvalue weighted by Crippen LogP contribution is 2.29. The summed E-state index contributed by atoms with van der Waals surface area (Å²) in [4.78, 5) is 17.3. The van der Waals surface area contributed by atoms with E-state index in [2.05, 4.69) is 43.2 Å². The third kappa shape index (κ3) is 4.77. The molecule has 0 aliphatic heterocycles. The van der Waals surface area contributed by atoms with Crippen molar-refractivity contribution in [1.82, 2.24) is 4.98 Å². The van der Waals surface area contributed by atoms with Gasteiger partial charge in [0.15, 0.2) is 5.13 Å². The van der Waals surface area contributed by atoms with E-state index in [0.717, 1.165) is 22.4 Å². The van der Waals surface area contributed by atoms with Gasteiger partial charge in [-0.25, -0.2) is 4.98 Å². The minimum Gasteiger partial charge on any atom is -0.298 e. The van der Waals surface area contributed by atoms with Crippen molar-refractivity contribution in [2.45, 2.75) is 26.2 Å². The molecule has 4 nitrogen and oxygen atoms in total. The largest absolute Gasteiger partial charge is 0.298 e.